The Kier molecular flexibility index (Phi) is 5.08. The van der Waals surface area contributed by atoms with Crippen molar-refractivity contribution in [2.24, 2.45) is 0 Å². The van der Waals surface area contributed by atoms with Crippen molar-refractivity contribution in [3.8, 4) is 6.07 Å². The number of aryl methyl sites for hydroxylation is 1. The van der Waals surface area contributed by atoms with Crippen LogP contribution in [-0.4, -0.2) is 40.4 Å². The lowest BCUT2D eigenvalue weighted by Gasteiger charge is -2.33. The molecule has 4 rings (SSSR count). The molecule has 1 atom stereocenters. The summed E-state index contributed by atoms with van der Waals surface area (Å²) in [5, 5.41) is 10.5. The van der Waals surface area contributed by atoms with Crippen molar-refractivity contribution in [1.82, 2.24) is 15.3 Å². The van der Waals surface area contributed by atoms with Crippen LogP contribution in [0.1, 0.15) is 46.8 Å². The highest BCUT2D eigenvalue weighted by atomic mass is 16.2. The minimum Gasteiger partial charge on any atom is -0.297 e. The molecule has 148 valence electrons. The Hall–Kier alpha value is -3.17. The topological polar surface area (TPSA) is 76.4 Å². The third-order valence-corrected chi connectivity index (χ3v) is 5.97. The molecule has 2 amide bonds. The van der Waals surface area contributed by atoms with Crippen LogP contribution in [-0.2, 0) is 17.8 Å². The van der Waals surface area contributed by atoms with Crippen LogP contribution in [0.25, 0.3) is 0 Å². The van der Waals surface area contributed by atoms with Gasteiger partial charge in [-0.3, -0.25) is 19.9 Å². The molecule has 1 N–H and O–H groups in total. The van der Waals surface area contributed by atoms with E-state index in [0.717, 1.165) is 25.9 Å². The number of benzene rings is 2. The van der Waals surface area contributed by atoms with E-state index in [1.807, 2.05) is 0 Å². The van der Waals surface area contributed by atoms with Crippen molar-refractivity contribution >= 4 is 11.8 Å². The second kappa shape index (κ2) is 7.69. The SMILES string of the molecule is CCc1ccccc1CN1CCC2(CC(=O)NN2C(=O)c2ccc(C#N)cc2)C1. The second-order valence-electron chi connectivity index (χ2n) is 7.85. The molecule has 2 fully saturated rings. The number of likely N-dealkylation sites (tertiary alicyclic amines) is 1. The summed E-state index contributed by atoms with van der Waals surface area (Å²) >= 11 is 0. The van der Waals surface area contributed by atoms with Gasteiger partial charge < -0.3 is 0 Å². The Morgan fingerprint density at radius 2 is 1.90 bits per heavy atom. The molecule has 0 aliphatic carbocycles. The van der Waals surface area contributed by atoms with Crippen molar-refractivity contribution in [3.63, 3.8) is 0 Å². The van der Waals surface area contributed by atoms with E-state index in [2.05, 4.69) is 47.6 Å². The zero-order valence-electron chi connectivity index (χ0n) is 16.5. The molecule has 29 heavy (non-hydrogen) atoms. The van der Waals surface area contributed by atoms with Gasteiger partial charge in [-0.25, -0.2) is 5.01 Å². The first-order chi connectivity index (χ1) is 14.0. The molecule has 0 aromatic heterocycles. The molecule has 6 heteroatoms. The number of hydrogen-bond donors (Lipinski definition) is 1. The number of nitriles is 1. The first-order valence-electron chi connectivity index (χ1n) is 9.98. The molecule has 0 bridgehead atoms. The lowest BCUT2D eigenvalue weighted by molar-refractivity contribution is -0.120. The van der Waals surface area contributed by atoms with Crippen LogP contribution < -0.4 is 5.43 Å². The first kappa shape index (κ1) is 19.2. The van der Waals surface area contributed by atoms with Crippen LogP contribution in [0.4, 0.5) is 0 Å². The summed E-state index contributed by atoms with van der Waals surface area (Å²) < 4.78 is 0. The number of nitrogens with zero attached hydrogens (tertiary/aromatic N) is 3. The van der Waals surface area contributed by atoms with Crippen LogP contribution in [0.5, 0.6) is 0 Å². The number of hydrogen-bond acceptors (Lipinski definition) is 4. The van der Waals surface area contributed by atoms with Crippen LogP contribution in [0.2, 0.25) is 0 Å². The van der Waals surface area contributed by atoms with Crippen molar-refractivity contribution in [2.75, 3.05) is 13.1 Å². The monoisotopic (exact) mass is 388 g/mol. The minimum atomic E-state index is -0.525. The zero-order valence-corrected chi connectivity index (χ0v) is 16.5. The second-order valence-corrected chi connectivity index (χ2v) is 7.85. The molecule has 2 aromatic carbocycles. The Morgan fingerprint density at radius 1 is 1.17 bits per heavy atom. The van der Waals surface area contributed by atoms with Gasteiger partial charge in [0.05, 0.1) is 23.6 Å². The largest absolute Gasteiger partial charge is 0.297 e. The van der Waals surface area contributed by atoms with Crippen LogP contribution in [0, 0.1) is 11.3 Å². The third-order valence-electron chi connectivity index (χ3n) is 5.97. The van der Waals surface area contributed by atoms with Crippen LogP contribution in [0.15, 0.2) is 48.5 Å². The summed E-state index contributed by atoms with van der Waals surface area (Å²) in [7, 11) is 0. The van der Waals surface area contributed by atoms with E-state index in [1.165, 1.54) is 16.1 Å². The quantitative estimate of drug-likeness (QED) is 0.874. The lowest BCUT2D eigenvalue weighted by atomic mass is 9.94. The van der Waals surface area contributed by atoms with E-state index >= 15 is 0 Å². The van der Waals surface area contributed by atoms with Crippen LogP contribution >= 0.6 is 0 Å². The summed E-state index contributed by atoms with van der Waals surface area (Å²) in [5.74, 6) is -0.348. The maximum Gasteiger partial charge on any atom is 0.272 e. The number of carbonyl (C=O) groups excluding carboxylic acids is 2. The first-order valence-corrected chi connectivity index (χ1v) is 9.98. The molecule has 2 aliphatic heterocycles. The number of rotatable bonds is 4. The normalized spacial score (nSPS) is 21.4. The molecule has 2 aromatic rings. The number of hydrazine groups is 1. The fourth-order valence-electron chi connectivity index (χ4n) is 4.44. The Morgan fingerprint density at radius 3 is 2.59 bits per heavy atom. The predicted molar refractivity (Wildman–Crippen MR) is 109 cm³/mol. The predicted octanol–water partition coefficient (Wildman–Crippen LogP) is 2.64. The molecule has 1 spiro atoms. The highest BCUT2D eigenvalue weighted by Crippen LogP contribution is 2.36. The van der Waals surface area contributed by atoms with Gasteiger partial charge in [0.15, 0.2) is 0 Å². The van der Waals surface area contributed by atoms with Gasteiger partial charge in [-0.2, -0.15) is 5.26 Å². The molecule has 1 unspecified atom stereocenters. The maximum absolute atomic E-state index is 13.1. The molecule has 2 heterocycles. The molecule has 6 nitrogen and oxygen atoms in total. The Bertz CT molecular complexity index is 979. The average molecular weight is 388 g/mol. The summed E-state index contributed by atoms with van der Waals surface area (Å²) in [6.07, 6.45) is 2.06. The van der Waals surface area contributed by atoms with E-state index in [4.69, 9.17) is 5.26 Å². The van der Waals surface area contributed by atoms with Gasteiger partial charge >= 0.3 is 0 Å². The fourth-order valence-corrected chi connectivity index (χ4v) is 4.44. The van der Waals surface area contributed by atoms with Gasteiger partial charge in [-0.15, -0.1) is 0 Å². The number of carbonyl (C=O) groups is 2. The molecule has 0 saturated carbocycles. The standard InChI is InChI=1S/C23H24N4O2/c1-2-18-5-3-4-6-20(18)15-26-12-11-23(16-26)13-21(28)25-27(23)22(29)19-9-7-17(14-24)8-10-19/h3-10H,2,11-13,15-16H2,1H3,(H,25,28). The average Bonchev–Trinajstić information content (AvgIpc) is 3.30. The summed E-state index contributed by atoms with van der Waals surface area (Å²) in [6, 6.07) is 17.0. The fraction of sp³-hybridized carbons (Fsp3) is 0.348. The Balaban J connectivity index is 1.53. The molecular weight excluding hydrogens is 364 g/mol. The van der Waals surface area contributed by atoms with E-state index in [9.17, 15) is 9.59 Å². The molecular formula is C23H24N4O2. The third kappa shape index (κ3) is 3.62. The molecule has 2 aliphatic rings. The number of nitrogens with one attached hydrogen (secondary N) is 1. The number of amides is 2. The lowest BCUT2D eigenvalue weighted by Crippen LogP contribution is -2.53. The van der Waals surface area contributed by atoms with Crippen molar-refractivity contribution in [3.05, 3.63) is 70.8 Å². The minimum absolute atomic E-state index is 0.122. The van der Waals surface area contributed by atoms with E-state index in [0.29, 0.717) is 24.1 Å². The van der Waals surface area contributed by atoms with E-state index in [-0.39, 0.29) is 11.8 Å². The molecule has 0 radical (unpaired) electrons. The van der Waals surface area contributed by atoms with Crippen molar-refractivity contribution < 1.29 is 9.59 Å². The Labute approximate surface area is 170 Å². The van der Waals surface area contributed by atoms with Gasteiger partial charge in [0.2, 0.25) is 5.91 Å². The van der Waals surface area contributed by atoms with Crippen molar-refractivity contribution in [2.45, 2.75) is 38.3 Å². The van der Waals surface area contributed by atoms with Crippen molar-refractivity contribution in [1.29, 1.82) is 5.26 Å². The highest BCUT2D eigenvalue weighted by molar-refractivity contribution is 5.98. The smallest absolute Gasteiger partial charge is 0.272 e. The van der Waals surface area contributed by atoms with Crippen LogP contribution in [0.3, 0.4) is 0 Å². The molecule has 2 saturated heterocycles. The summed E-state index contributed by atoms with van der Waals surface area (Å²) in [4.78, 5) is 27.7. The zero-order chi connectivity index (χ0) is 20.4. The van der Waals surface area contributed by atoms with Gasteiger partial charge in [0.25, 0.3) is 5.91 Å². The van der Waals surface area contributed by atoms with E-state index in [1.54, 1.807) is 24.3 Å². The van der Waals surface area contributed by atoms with Gasteiger partial charge in [0, 0.05) is 25.2 Å². The summed E-state index contributed by atoms with van der Waals surface area (Å²) in [5.41, 5.74) is 5.86. The maximum atomic E-state index is 13.1. The van der Waals surface area contributed by atoms with Gasteiger partial charge in [-0.1, -0.05) is 31.2 Å². The van der Waals surface area contributed by atoms with E-state index < -0.39 is 5.54 Å². The summed E-state index contributed by atoms with van der Waals surface area (Å²) in [6.45, 7) is 4.47. The van der Waals surface area contributed by atoms with Gasteiger partial charge in [0.1, 0.15) is 0 Å². The van der Waals surface area contributed by atoms with Gasteiger partial charge in [-0.05, 0) is 48.2 Å². The highest BCUT2D eigenvalue weighted by Gasteiger charge is 2.52.